The first-order valence-electron chi connectivity index (χ1n) is 5.68. The van der Waals surface area contributed by atoms with Gasteiger partial charge in [-0.1, -0.05) is 13.8 Å². The minimum Gasteiger partial charge on any atom is -0.363 e. The topological polar surface area (TPSA) is 70.8 Å². The molecule has 0 saturated carbocycles. The molecule has 2 aromatic rings. The van der Waals surface area contributed by atoms with E-state index in [1.165, 1.54) is 0 Å². The highest BCUT2D eigenvalue weighted by Gasteiger charge is 2.23. The number of nitrogens with two attached hydrogens (primary N) is 1. The largest absolute Gasteiger partial charge is 0.363 e. The summed E-state index contributed by atoms with van der Waals surface area (Å²) in [4.78, 5) is 14.3. The normalized spacial score (nSPS) is 12.1. The quantitative estimate of drug-likeness (QED) is 0.837. The first kappa shape index (κ1) is 11.9. The summed E-state index contributed by atoms with van der Waals surface area (Å²) in [5, 5.41) is 0. The fourth-order valence-corrected chi connectivity index (χ4v) is 1.55. The van der Waals surface area contributed by atoms with E-state index in [0.717, 1.165) is 22.8 Å². The number of aromatic nitrogens is 3. The molecular formula is C12H19N5. The van der Waals surface area contributed by atoms with Crippen molar-refractivity contribution in [2.45, 2.75) is 19.3 Å². The molecule has 0 aliphatic rings. The second kappa shape index (κ2) is 4.00. The van der Waals surface area contributed by atoms with Crippen LogP contribution in [0.2, 0.25) is 0 Å². The van der Waals surface area contributed by atoms with E-state index in [1.807, 2.05) is 31.1 Å². The van der Waals surface area contributed by atoms with Crippen molar-refractivity contribution in [2.24, 2.45) is 5.73 Å². The van der Waals surface area contributed by atoms with Crippen LogP contribution in [0.1, 0.15) is 19.7 Å². The van der Waals surface area contributed by atoms with Crippen molar-refractivity contribution >= 4 is 17.0 Å². The first-order valence-corrected chi connectivity index (χ1v) is 5.68. The number of aromatic amines is 1. The molecule has 92 valence electrons. The summed E-state index contributed by atoms with van der Waals surface area (Å²) in [6.45, 7) is 4.68. The second-order valence-electron chi connectivity index (χ2n) is 5.11. The van der Waals surface area contributed by atoms with E-state index in [2.05, 4.69) is 28.8 Å². The van der Waals surface area contributed by atoms with E-state index in [9.17, 15) is 0 Å². The van der Waals surface area contributed by atoms with Crippen molar-refractivity contribution in [3.63, 3.8) is 0 Å². The molecule has 0 unspecified atom stereocenters. The van der Waals surface area contributed by atoms with Gasteiger partial charge in [-0.15, -0.1) is 0 Å². The number of rotatable bonds is 3. The number of imidazole rings is 1. The standard InChI is InChI=1S/C12H19N5/c1-12(2,7-13)11-14-8-5-6-9(17(3)4)15-10(8)16-11/h5-6H,7,13H2,1-4H3,(H,14,15,16). The molecule has 0 amide bonds. The van der Waals surface area contributed by atoms with Crippen molar-refractivity contribution in [1.82, 2.24) is 15.0 Å². The average molecular weight is 233 g/mol. The highest BCUT2D eigenvalue weighted by atomic mass is 15.2. The Kier molecular flexibility index (Phi) is 2.79. The van der Waals surface area contributed by atoms with Crippen LogP contribution in [0.4, 0.5) is 5.82 Å². The second-order valence-corrected chi connectivity index (χ2v) is 5.11. The smallest absolute Gasteiger partial charge is 0.179 e. The van der Waals surface area contributed by atoms with Crippen LogP contribution >= 0.6 is 0 Å². The Labute approximate surface area is 101 Å². The maximum absolute atomic E-state index is 5.75. The van der Waals surface area contributed by atoms with E-state index in [1.54, 1.807) is 0 Å². The van der Waals surface area contributed by atoms with Crippen LogP contribution in [0.15, 0.2) is 12.1 Å². The lowest BCUT2D eigenvalue weighted by molar-refractivity contribution is 0.509. The summed E-state index contributed by atoms with van der Waals surface area (Å²) in [7, 11) is 3.93. The zero-order valence-corrected chi connectivity index (χ0v) is 10.8. The summed E-state index contributed by atoms with van der Waals surface area (Å²) < 4.78 is 0. The number of hydrogen-bond acceptors (Lipinski definition) is 4. The van der Waals surface area contributed by atoms with Crippen LogP contribution in [0, 0.1) is 0 Å². The molecule has 17 heavy (non-hydrogen) atoms. The monoisotopic (exact) mass is 233 g/mol. The van der Waals surface area contributed by atoms with Gasteiger partial charge in [0.15, 0.2) is 5.65 Å². The molecule has 2 heterocycles. The fraction of sp³-hybridized carbons (Fsp3) is 0.500. The maximum atomic E-state index is 5.75. The zero-order valence-electron chi connectivity index (χ0n) is 10.8. The molecule has 0 saturated heterocycles. The average Bonchev–Trinajstić information content (AvgIpc) is 2.72. The van der Waals surface area contributed by atoms with E-state index in [0.29, 0.717) is 6.54 Å². The molecule has 2 rings (SSSR count). The van der Waals surface area contributed by atoms with Crippen molar-refractivity contribution in [3.05, 3.63) is 18.0 Å². The summed E-state index contributed by atoms with van der Waals surface area (Å²) in [5.41, 5.74) is 7.29. The highest BCUT2D eigenvalue weighted by Crippen LogP contribution is 2.22. The van der Waals surface area contributed by atoms with Crippen LogP contribution in [0.5, 0.6) is 0 Å². The molecule has 0 aliphatic carbocycles. The van der Waals surface area contributed by atoms with Gasteiger partial charge < -0.3 is 15.6 Å². The summed E-state index contributed by atoms with van der Waals surface area (Å²) in [6.07, 6.45) is 0. The minimum atomic E-state index is -0.154. The minimum absolute atomic E-state index is 0.154. The van der Waals surface area contributed by atoms with Crippen molar-refractivity contribution < 1.29 is 0 Å². The number of hydrogen-bond donors (Lipinski definition) is 2. The Morgan fingerprint density at radius 2 is 2.00 bits per heavy atom. The predicted octanol–water partition coefficient (Wildman–Crippen LogP) is 1.26. The van der Waals surface area contributed by atoms with Gasteiger partial charge in [0.2, 0.25) is 0 Å². The summed E-state index contributed by atoms with van der Waals surface area (Å²) in [5.74, 6) is 1.79. The third-order valence-electron chi connectivity index (χ3n) is 2.94. The molecule has 0 aliphatic heterocycles. The molecule has 0 spiro atoms. The number of nitrogens with one attached hydrogen (secondary N) is 1. The Morgan fingerprint density at radius 1 is 1.29 bits per heavy atom. The summed E-state index contributed by atoms with van der Waals surface area (Å²) in [6, 6.07) is 3.97. The van der Waals surface area contributed by atoms with E-state index < -0.39 is 0 Å². The molecule has 0 bridgehead atoms. The zero-order chi connectivity index (χ0) is 12.6. The van der Waals surface area contributed by atoms with Gasteiger partial charge in [0, 0.05) is 26.1 Å². The number of pyridine rings is 1. The maximum Gasteiger partial charge on any atom is 0.179 e. The SMILES string of the molecule is CN(C)c1ccc2[nH]c(C(C)(C)CN)nc2n1. The van der Waals surface area contributed by atoms with E-state index in [-0.39, 0.29) is 5.41 Å². The van der Waals surface area contributed by atoms with Crippen LogP contribution < -0.4 is 10.6 Å². The number of nitrogens with zero attached hydrogens (tertiary/aromatic N) is 3. The van der Waals surface area contributed by atoms with Gasteiger partial charge in [0.1, 0.15) is 11.6 Å². The Bertz CT molecular complexity index is 527. The molecule has 0 atom stereocenters. The molecular weight excluding hydrogens is 214 g/mol. The number of fused-ring (bicyclic) bond motifs is 1. The van der Waals surface area contributed by atoms with Gasteiger partial charge >= 0.3 is 0 Å². The van der Waals surface area contributed by atoms with Crippen LogP contribution in [-0.4, -0.2) is 35.6 Å². The van der Waals surface area contributed by atoms with Gasteiger partial charge in [-0.25, -0.2) is 9.97 Å². The molecule has 0 fully saturated rings. The van der Waals surface area contributed by atoms with Crippen molar-refractivity contribution in [1.29, 1.82) is 0 Å². The first-order chi connectivity index (χ1) is 7.94. The lowest BCUT2D eigenvalue weighted by Gasteiger charge is -2.18. The third kappa shape index (κ3) is 2.10. The van der Waals surface area contributed by atoms with Crippen LogP contribution in [0.25, 0.3) is 11.2 Å². The lowest BCUT2D eigenvalue weighted by atomic mass is 9.93. The molecule has 5 nitrogen and oxygen atoms in total. The third-order valence-corrected chi connectivity index (χ3v) is 2.94. The number of anilines is 1. The highest BCUT2D eigenvalue weighted by molar-refractivity contribution is 5.73. The predicted molar refractivity (Wildman–Crippen MR) is 70.3 cm³/mol. The van der Waals surface area contributed by atoms with E-state index >= 15 is 0 Å². The van der Waals surface area contributed by atoms with Gasteiger partial charge in [0.25, 0.3) is 0 Å². The fourth-order valence-electron chi connectivity index (χ4n) is 1.55. The molecule has 3 N–H and O–H groups in total. The van der Waals surface area contributed by atoms with Gasteiger partial charge in [-0.2, -0.15) is 0 Å². The molecule has 0 aromatic carbocycles. The van der Waals surface area contributed by atoms with Crippen LogP contribution in [-0.2, 0) is 5.41 Å². The lowest BCUT2D eigenvalue weighted by Crippen LogP contribution is -2.29. The van der Waals surface area contributed by atoms with Crippen molar-refractivity contribution in [3.8, 4) is 0 Å². The van der Waals surface area contributed by atoms with Crippen LogP contribution in [0.3, 0.4) is 0 Å². The number of H-pyrrole nitrogens is 1. The van der Waals surface area contributed by atoms with Gasteiger partial charge in [0.05, 0.1) is 5.52 Å². The Hall–Kier alpha value is -1.62. The summed E-state index contributed by atoms with van der Waals surface area (Å²) >= 11 is 0. The Balaban J connectivity index is 2.51. The van der Waals surface area contributed by atoms with E-state index in [4.69, 9.17) is 5.73 Å². The molecule has 2 aromatic heterocycles. The molecule has 5 heteroatoms. The Morgan fingerprint density at radius 3 is 2.59 bits per heavy atom. The van der Waals surface area contributed by atoms with Gasteiger partial charge in [-0.3, -0.25) is 0 Å². The van der Waals surface area contributed by atoms with Gasteiger partial charge in [-0.05, 0) is 12.1 Å². The molecule has 0 radical (unpaired) electrons. The van der Waals surface area contributed by atoms with Crippen molar-refractivity contribution in [2.75, 3.05) is 25.5 Å².